The summed E-state index contributed by atoms with van der Waals surface area (Å²) < 4.78 is 5.45. The van der Waals surface area contributed by atoms with Crippen LogP contribution in [0.4, 0.5) is 0 Å². The number of esters is 1. The number of cyclic esters (lactones) is 1. The predicted molar refractivity (Wildman–Crippen MR) is 72.3 cm³/mol. The van der Waals surface area contributed by atoms with Gasteiger partial charge in [-0.2, -0.15) is 0 Å². The topological polar surface area (TPSA) is 26.3 Å². The highest BCUT2D eigenvalue weighted by Crippen LogP contribution is 2.27. The normalized spacial score (nSPS) is 23.1. The molecule has 1 fully saturated rings. The van der Waals surface area contributed by atoms with Gasteiger partial charge in [-0.05, 0) is 31.2 Å². The van der Waals surface area contributed by atoms with Crippen molar-refractivity contribution < 1.29 is 9.53 Å². The highest BCUT2D eigenvalue weighted by atomic mass is 16.5. The van der Waals surface area contributed by atoms with Gasteiger partial charge < -0.3 is 4.74 Å². The van der Waals surface area contributed by atoms with Crippen molar-refractivity contribution in [1.29, 1.82) is 0 Å². The molecule has 0 bridgehead atoms. The smallest absolute Gasteiger partial charge is 0.309 e. The first-order valence-corrected chi connectivity index (χ1v) is 7.04. The van der Waals surface area contributed by atoms with Crippen LogP contribution >= 0.6 is 0 Å². The fourth-order valence-electron chi connectivity index (χ4n) is 2.59. The zero-order valence-electron chi connectivity index (χ0n) is 11.1. The second-order valence-corrected chi connectivity index (χ2v) is 5.18. The number of carbonyl (C=O) groups is 1. The van der Waals surface area contributed by atoms with Crippen LogP contribution in [-0.2, 0) is 16.0 Å². The average molecular weight is 246 g/mol. The number of ether oxygens (including phenoxy) is 1. The van der Waals surface area contributed by atoms with Crippen LogP contribution in [-0.4, -0.2) is 12.1 Å². The summed E-state index contributed by atoms with van der Waals surface area (Å²) in [6.07, 6.45) is 6.54. The molecule has 2 rings (SSSR count). The number of hydrogen-bond donors (Lipinski definition) is 0. The van der Waals surface area contributed by atoms with Crippen LogP contribution < -0.4 is 0 Å². The second kappa shape index (κ2) is 6.58. The number of benzene rings is 1. The van der Waals surface area contributed by atoms with Gasteiger partial charge in [0.15, 0.2) is 0 Å². The molecule has 18 heavy (non-hydrogen) atoms. The molecule has 98 valence electrons. The van der Waals surface area contributed by atoms with Crippen molar-refractivity contribution in [3.63, 3.8) is 0 Å². The van der Waals surface area contributed by atoms with E-state index in [2.05, 4.69) is 19.1 Å². The fourth-order valence-corrected chi connectivity index (χ4v) is 2.59. The summed E-state index contributed by atoms with van der Waals surface area (Å²) in [6.45, 7) is 2.19. The SMILES string of the molecule is CCCCCC1CC(Cc2ccccc2)C(=O)O1. The lowest BCUT2D eigenvalue weighted by Crippen LogP contribution is -2.10. The highest BCUT2D eigenvalue weighted by molar-refractivity contribution is 5.75. The summed E-state index contributed by atoms with van der Waals surface area (Å²) in [5.74, 6) is 0.0689. The molecule has 2 nitrogen and oxygen atoms in total. The lowest BCUT2D eigenvalue weighted by atomic mass is 9.95. The van der Waals surface area contributed by atoms with Crippen LogP contribution in [0.3, 0.4) is 0 Å². The van der Waals surface area contributed by atoms with Gasteiger partial charge in [0.25, 0.3) is 0 Å². The van der Waals surface area contributed by atoms with E-state index in [1.54, 1.807) is 0 Å². The van der Waals surface area contributed by atoms with E-state index in [4.69, 9.17) is 4.74 Å². The predicted octanol–water partition coefficient (Wildman–Crippen LogP) is 3.74. The minimum atomic E-state index is 0.000325. The Morgan fingerprint density at radius 3 is 2.72 bits per heavy atom. The molecule has 1 aromatic rings. The summed E-state index contributed by atoms with van der Waals surface area (Å²) in [4.78, 5) is 11.8. The first-order valence-electron chi connectivity index (χ1n) is 7.04. The van der Waals surface area contributed by atoms with Gasteiger partial charge in [-0.15, -0.1) is 0 Å². The van der Waals surface area contributed by atoms with E-state index in [0.29, 0.717) is 0 Å². The average Bonchev–Trinajstić information content (AvgIpc) is 2.72. The Kier molecular flexibility index (Phi) is 4.80. The Labute approximate surface area is 109 Å². The Balaban J connectivity index is 1.82. The van der Waals surface area contributed by atoms with E-state index in [1.165, 1.54) is 24.8 Å². The van der Waals surface area contributed by atoms with Gasteiger partial charge >= 0.3 is 5.97 Å². The van der Waals surface area contributed by atoms with Crippen molar-refractivity contribution in [1.82, 2.24) is 0 Å². The van der Waals surface area contributed by atoms with Crippen molar-refractivity contribution in [3.8, 4) is 0 Å². The maximum Gasteiger partial charge on any atom is 0.309 e. The van der Waals surface area contributed by atoms with Gasteiger partial charge in [0, 0.05) is 0 Å². The molecule has 0 aromatic heterocycles. The third kappa shape index (κ3) is 3.59. The van der Waals surface area contributed by atoms with Gasteiger partial charge in [-0.3, -0.25) is 4.79 Å². The zero-order valence-corrected chi connectivity index (χ0v) is 11.1. The van der Waals surface area contributed by atoms with Crippen LogP contribution in [0.2, 0.25) is 0 Å². The van der Waals surface area contributed by atoms with Crippen molar-refractivity contribution in [2.24, 2.45) is 5.92 Å². The Bertz CT molecular complexity index is 372. The molecule has 2 atom stereocenters. The minimum Gasteiger partial charge on any atom is -0.462 e. The quantitative estimate of drug-likeness (QED) is 0.564. The van der Waals surface area contributed by atoms with Gasteiger partial charge in [0.05, 0.1) is 5.92 Å². The maximum atomic E-state index is 11.8. The van der Waals surface area contributed by atoms with Crippen LogP contribution in [0.5, 0.6) is 0 Å². The molecular formula is C16H22O2. The lowest BCUT2D eigenvalue weighted by molar-refractivity contribution is -0.144. The van der Waals surface area contributed by atoms with Gasteiger partial charge in [-0.25, -0.2) is 0 Å². The van der Waals surface area contributed by atoms with Crippen molar-refractivity contribution in [3.05, 3.63) is 35.9 Å². The Morgan fingerprint density at radius 1 is 1.22 bits per heavy atom. The minimum absolute atomic E-state index is 0.000325. The third-order valence-corrected chi connectivity index (χ3v) is 3.62. The van der Waals surface area contributed by atoms with E-state index < -0.39 is 0 Å². The maximum absolute atomic E-state index is 11.8. The first kappa shape index (κ1) is 13.1. The lowest BCUT2D eigenvalue weighted by Gasteiger charge is -2.07. The second-order valence-electron chi connectivity index (χ2n) is 5.18. The summed E-state index contributed by atoms with van der Waals surface area (Å²) in [5.41, 5.74) is 1.23. The molecule has 0 aliphatic carbocycles. The van der Waals surface area contributed by atoms with E-state index in [1.807, 2.05) is 18.2 Å². The molecule has 1 aliphatic rings. The van der Waals surface area contributed by atoms with Gasteiger partial charge in [-0.1, -0.05) is 50.1 Å². The number of carbonyl (C=O) groups excluding carboxylic acids is 1. The van der Waals surface area contributed by atoms with E-state index in [9.17, 15) is 4.79 Å². The number of unbranched alkanes of at least 4 members (excludes halogenated alkanes) is 2. The molecule has 2 heteroatoms. The van der Waals surface area contributed by atoms with Crippen LogP contribution in [0.1, 0.15) is 44.6 Å². The van der Waals surface area contributed by atoms with Crippen LogP contribution in [0.25, 0.3) is 0 Å². The third-order valence-electron chi connectivity index (χ3n) is 3.62. The molecular weight excluding hydrogens is 224 g/mol. The summed E-state index contributed by atoms with van der Waals surface area (Å²) >= 11 is 0. The van der Waals surface area contributed by atoms with E-state index in [0.717, 1.165) is 19.3 Å². The number of hydrogen-bond acceptors (Lipinski definition) is 2. The van der Waals surface area contributed by atoms with Gasteiger partial charge in [0.2, 0.25) is 0 Å². The highest BCUT2D eigenvalue weighted by Gasteiger charge is 2.33. The van der Waals surface area contributed by atoms with Crippen molar-refractivity contribution in [2.45, 2.75) is 51.6 Å². The molecule has 0 N–H and O–H groups in total. The largest absolute Gasteiger partial charge is 0.462 e. The molecule has 1 saturated heterocycles. The summed E-state index contributed by atoms with van der Waals surface area (Å²) in [5, 5.41) is 0. The van der Waals surface area contributed by atoms with Gasteiger partial charge in [0.1, 0.15) is 6.10 Å². The first-order chi connectivity index (χ1) is 8.79. The van der Waals surface area contributed by atoms with E-state index in [-0.39, 0.29) is 18.0 Å². The Hall–Kier alpha value is -1.31. The van der Waals surface area contributed by atoms with E-state index >= 15 is 0 Å². The van der Waals surface area contributed by atoms with Crippen molar-refractivity contribution in [2.75, 3.05) is 0 Å². The summed E-state index contributed by atoms with van der Waals surface area (Å²) in [7, 11) is 0. The molecule has 0 amide bonds. The van der Waals surface area contributed by atoms with Crippen LogP contribution in [0.15, 0.2) is 30.3 Å². The summed E-state index contributed by atoms with van der Waals surface area (Å²) in [6, 6.07) is 10.2. The molecule has 0 spiro atoms. The monoisotopic (exact) mass is 246 g/mol. The molecule has 1 aliphatic heterocycles. The molecule has 1 aromatic carbocycles. The van der Waals surface area contributed by atoms with Crippen molar-refractivity contribution >= 4 is 5.97 Å². The molecule has 0 radical (unpaired) electrons. The zero-order chi connectivity index (χ0) is 12.8. The Morgan fingerprint density at radius 2 is 2.00 bits per heavy atom. The fraction of sp³-hybridized carbons (Fsp3) is 0.562. The number of rotatable bonds is 6. The molecule has 0 saturated carbocycles. The van der Waals surface area contributed by atoms with Crippen LogP contribution in [0, 0.1) is 5.92 Å². The standard InChI is InChI=1S/C16H22O2/c1-2-3-5-10-15-12-14(16(17)18-15)11-13-8-6-4-7-9-13/h4,6-9,14-15H,2-3,5,10-12H2,1H3. The molecule has 1 heterocycles. The molecule has 2 unspecified atom stereocenters.